The first-order chi connectivity index (χ1) is 5.31. The van der Waals surface area contributed by atoms with Gasteiger partial charge in [0.05, 0.1) is 5.54 Å². The molecule has 0 aromatic heterocycles. The smallest absolute Gasteiger partial charge is 0.266 e. The number of fused-ring (bicyclic) bond motifs is 2. The summed E-state index contributed by atoms with van der Waals surface area (Å²) in [6.45, 7) is 3.76. The fourth-order valence-corrected chi connectivity index (χ4v) is 2.95. The molecule has 2 fully saturated rings. The Balaban J connectivity index is 0.000000845. The van der Waals surface area contributed by atoms with E-state index in [9.17, 15) is 8.78 Å². The predicted octanol–water partition coefficient (Wildman–Crippen LogP) is 2.58. The second-order valence-electron chi connectivity index (χ2n) is 4.84. The summed E-state index contributed by atoms with van der Waals surface area (Å²) in [5.74, 6) is -2.52. The summed E-state index contributed by atoms with van der Waals surface area (Å²) in [6, 6.07) is 0. The average Bonchev–Trinajstić information content (AvgIpc) is 2.18. The van der Waals surface area contributed by atoms with Crippen molar-refractivity contribution in [2.75, 3.05) is 0 Å². The fraction of sp³-hybridized carbons (Fsp3) is 1.00. The Kier molecular flexibility index (Phi) is 2.21. The van der Waals surface area contributed by atoms with Crippen LogP contribution in [0.3, 0.4) is 0 Å². The molecule has 1 nitrogen and oxygen atoms in total. The van der Waals surface area contributed by atoms with Crippen LogP contribution in [0.2, 0.25) is 0 Å². The van der Waals surface area contributed by atoms with E-state index in [1.54, 1.807) is 0 Å². The van der Waals surface area contributed by atoms with Gasteiger partial charge in [0.15, 0.2) is 0 Å². The number of alkyl halides is 2. The van der Waals surface area contributed by atoms with E-state index < -0.39 is 11.5 Å². The van der Waals surface area contributed by atoms with Crippen LogP contribution in [-0.4, -0.2) is 11.5 Å². The Labute approximate surface area is 83.5 Å². The molecule has 0 amide bonds. The molecule has 2 saturated carbocycles. The Morgan fingerprint density at radius 3 is 2.00 bits per heavy atom. The van der Waals surface area contributed by atoms with Gasteiger partial charge in [-0.2, -0.15) is 0 Å². The van der Waals surface area contributed by atoms with E-state index in [-0.39, 0.29) is 30.2 Å². The van der Waals surface area contributed by atoms with Crippen molar-refractivity contribution in [3.05, 3.63) is 0 Å². The van der Waals surface area contributed by atoms with Gasteiger partial charge >= 0.3 is 0 Å². The summed E-state index contributed by atoms with van der Waals surface area (Å²) < 4.78 is 26.8. The number of hydrogen-bond donors (Lipinski definition) is 1. The van der Waals surface area contributed by atoms with E-state index in [1.807, 2.05) is 13.8 Å². The molecule has 78 valence electrons. The van der Waals surface area contributed by atoms with Gasteiger partial charge in [0, 0.05) is 6.42 Å². The van der Waals surface area contributed by atoms with E-state index in [4.69, 9.17) is 5.73 Å². The lowest BCUT2D eigenvalue weighted by Crippen LogP contribution is -2.57. The number of nitrogens with two attached hydrogens (primary N) is 1. The third-order valence-electron chi connectivity index (χ3n) is 4.21. The highest BCUT2D eigenvalue weighted by molar-refractivity contribution is 5.85. The normalized spacial score (nSPS) is 44.5. The van der Waals surface area contributed by atoms with E-state index >= 15 is 0 Å². The van der Waals surface area contributed by atoms with Crippen molar-refractivity contribution in [1.29, 1.82) is 0 Å². The van der Waals surface area contributed by atoms with Crippen molar-refractivity contribution in [3.63, 3.8) is 0 Å². The summed E-state index contributed by atoms with van der Waals surface area (Å²) in [4.78, 5) is 0. The summed E-state index contributed by atoms with van der Waals surface area (Å²) in [6.07, 6.45) is 1.35. The highest BCUT2D eigenvalue weighted by atomic mass is 35.5. The number of halogens is 3. The maximum atomic E-state index is 13.4. The molecule has 2 aliphatic carbocycles. The molecule has 4 heteroatoms. The molecule has 2 bridgehead atoms. The van der Waals surface area contributed by atoms with Crippen LogP contribution in [0.1, 0.15) is 33.1 Å². The number of hydrogen-bond acceptors (Lipinski definition) is 1. The zero-order valence-electron chi connectivity index (χ0n) is 7.94. The second-order valence-corrected chi connectivity index (χ2v) is 4.84. The molecule has 0 radical (unpaired) electrons. The maximum absolute atomic E-state index is 13.4. The van der Waals surface area contributed by atoms with Crippen molar-refractivity contribution in [1.82, 2.24) is 0 Å². The molecule has 2 rings (SSSR count). The lowest BCUT2D eigenvalue weighted by Gasteiger charge is -2.38. The minimum absolute atomic E-state index is 0. The molecule has 2 N–H and O–H groups in total. The Morgan fingerprint density at radius 2 is 1.85 bits per heavy atom. The average molecular weight is 212 g/mol. The Morgan fingerprint density at radius 1 is 1.31 bits per heavy atom. The summed E-state index contributed by atoms with van der Waals surface area (Å²) >= 11 is 0. The molecule has 0 aromatic rings. The molecule has 0 spiro atoms. The van der Waals surface area contributed by atoms with Crippen LogP contribution >= 0.6 is 12.4 Å². The third kappa shape index (κ3) is 1.00. The highest BCUT2D eigenvalue weighted by Gasteiger charge is 2.71. The third-order valence-corrected chi connectivity index (χ3v) is 4.21. The van der Waals surface area contributed by atoms with E-state index in [2.05, 4.69) is 0 Å². The molecule has 13 heavy (non-hydrogen) atoms. The van der Waals surface area contributed by atoms with Crippen LogP contribution in [0.4, 0.5) is 8.78 Å². The standard InChI is InChI=1S/C9H15F2N.ClH/c1-7(2)6-3-4-8(7,12)9(10,11)5-6;/h6H,3-5,12H2,1-2H3;1H/t6-,8+;/m1./s1. The summed E-state index contributed by atoms with van der Waals surface area (Å²) in [5, 5.41) is 0. The van der Waals surface area contributed by atoms with Gasteiger partial charge < -0.3 is 5.73 Å². The summed E-state index contributed by atoms with van der Waals surface area (Å²) in [7, 11) is 0. The quantitative estimate of drug-likeness (QED) is 0.655. The Bertz CT molecular complexity index is 230. The predicted molar refractivity (Wildman–Crippen MR) is 50.2 cm³/mol. The monoisotopic (exact) mass is 211 g/mol. The van der Waals surface area contributed by atoms with Gasteiger partial charge in [-0.25, -0.2) is 8.78 Å². The SMILES string of the molecule is CC1(C)[C@@H]2CC[C@@]1(N)C(F)(F)C2.Cl. The first kappa shape index (κ1) is 11.2. The van der Waals surface area contributed by atoms with E-state index in [0.29, 0.717) is 6.42 Å². The van der Waals surface area contributed by atoms with Crippen LogP contribution < -0.4 is 5.73 Å². The van der Waals surface area contributed by atoms with Crippen molar-refractivity contribution in [3.8, 4) is 0 Å². The molecule has 0 aromatic carbocycles. The van der Waals surface area contributed by atoms with Crippen molar-refractivity contribution < 1.29 is 8.78 Å². The van der Waals surface area contributed by atoms with Crippen LogP contribution in [-0.2, 0) is 0 Å². The van der Waals surface area contributed by atoms with E-state index in [1.165, 1.54) is 0 Å². The van der Waals surface area contributed by atoms with Gasteiger partial charge in [-0.15, -0.1) is 12.4 Å². The summed E-state index contributed by atoms with van der Waals surface area (Å²) in [5.41, 5.74) is 4.20. The molecular formula is C9H16ClF2N. The van der Waals surface area contributed by atoms with Gasteiger partial charge in [0.2, 0.25) is 0 Å². The van der Waals surface area contributed by atoms with Crippen molar-refractivity contribution >= 4 is 12.4 Å². The first-order valence-corrected chi connectivity index (χ1v) is 4.48. The van der Waals surface area contributed by atoms with Crippen LogP contribution in [0.15, 0.2) is 0 Å². The first-order valence-electron chi connectivity index (χ1n) is 4.48. The highest BCUT2D eigenvalue weighted by Crippen LogP contribution is 2.64. The van der Waals surface area contributed by atoms with Crippen molar-refractivity contribution in [2.24, 2.45) is 17.1 Å². The van der Waals surface area contributed by atoms with E-state index in [0.717, 1.165) is 6.42 Å². The van der Waals surface area contributed by atoms with Crippen LogP contribution in [0.25, 0.3) is 0 Å². The van der Waals surface area contributed by atoms with Gasteiger partial charge in [-0.3, -0.25) is 0 Å². The topological polar surface area (TPSA) is 26.0 Å². The Hall–Kier alpha value is 0.110. The van der Waals surface area contributed by atoms with Crippen LogP contribution in [0, 0.1) is 11.3 Å². The molecule has 0 unspecified atom stereocenters. The zero-order chi connectivity index (χ0) is 9.20. The van der Waals surface area contributed by atoms with Crippen LogP contribution in [0.5, 0.6) is 0 Å². The van der Waals surface area contributed by atoms with Gasteiger partial charge in [0.25, 0.3) is 5.92 Å². The molecule has 0 aliphatic heterocycles. The molecular weight excluding hydrogens is 196 g/mol. The van der Waals surface area contributed by atoms with Gasteiger partial charge in [0.1, 0.15) is 0 Å². The lowest BCUT2D eigenvalue weighted by atomic mass is 9.76. The molecule has 0 saturated heterocycles. The minimum atomic E-state index is -2.64. The number of rotatable bonds is 0. The molecule has 2 atom stereocenters. The second kappa shape index (κ2) is 2.57. The molecule has 2 aliphatic rings. The van der Waals surface area contributed by atoms with Gasteiger partial charge in [-0.1, -0.05) is 13.8 Å². The largest absolute Gasteiger partial charge is 0.320 e. The minimum Gasteiger partial charge on any atom is -0.320 e. The van der Waals surface area contributed by atoms with Crippen molar-refractivity contribution in [2.45, 2.75) is 44.6 Å². The van der Waals surface area contributed by atoms with Gasteiger partial charge in [-0.05, 0) is 24.2 Å². The maximum Gasteiger partial charge on any atom is 0.266 e. The molecule has 0 heterocycles. The zero-order valence-corrected chi connectivity index (χ0v) is 8.76. The fourth-order valence-electron chi connectivity index (χ4n) is 2.95. The lowest BCUT2D eigenvalue weighted by molar-refractivity contribution is -0.0806.